The highest BCUT2D eigenvalue weighted by Crippen LogP contribution is 2.32. The van der Waals surface area contributed by atoms with E-state index in [1.54, 1.807) is 7.11 Å². The summed E-state index contributed by atoms with van der Waals surface area (Å²) in [5.74, 6) is 0.912. The molecule has 4 rings (SSSR count). The van der Waals surface area contributed by atoms with E-state index in [0.29, 0.717) is 0 Å². The van der Waals surface area contributed by atoms with Gasteiger partial charge in [-0.25, -0.2) is 0 Å². The maximum atomic E-state index is 5.46. The smallest absolute Gasteiger partial charge is 0.120 e. The number of methoxy groups -OCH3 is 1. The fourth-order valence-corrected chi connectivity index (χ4v) is 3.98. The second-order valence-corrected chi connectivity index (χ2v) is 6.73. The van der Waals surface area contributed by atoms with Gasteiger partial charge in [0.25, 0.3) is 0 Å². The summed E-state index contributed by atoms with van der Waals surface area (Å²) in [7, 11) is 1.73. The van der Waals surface area contributed by atoms with Crippen LogP contribution in [-0.4, -0.2) is 41.2 Å². The number of ether oxygens (including phenoxy) is 1. The van der Waals surface area contributed by atoms with Crippen LogP contribution in [0.15, 0.2) is 30.5 Å². The van der Waals surface area contributed by atoms with Gasteiger partial charge in [-0.2, -0.15) is 0 Å². The third-order valence-corrected chi connectivity index (χ3v) is 5.25. The van der Waals surface area contributed by atoms with E-state index in [1.165, 1.54) is 54.2 Å². The second kappa shape index (κ2) is 6.44. The van der Waals surface area contributed by atoms with E-state index >= 15 is 0 Å². The molecule has 0 amide bonds. The third-order valence-electron chi connectivity index (χ3n) is 5.25. The van der Waals surface area contributed by atoms with Crippen LogP contribution in [0.4, 0.5) is 0 Å². The van der Waals surface area contributed by atoms with Gasteiger partial charge in [0.2, 0.25) is 0 Å². The molecule has 0 radical (unpaired) electrons. The largest absolute Gasteiger partial charge is 0.497 e. The van der Waals surface area contributed by atoms with Crippen molar-refractivity contribution in [3.05, 3.63) is 36.2 Å². The minimum Gasteiger partial charge on any atom is -0.497 e. The summed E-state index contributed by atoms with van der Waals surface area (Å²) in [4.78, 5) is 7.13. The number of aromatic nitrogens is 2. The van der Waals surface area contributed by atoms with E-state index in [-0.39, 0.29) is 0 Å². The lowest BCUT2D eigenvalue weighted by molar-refractivity contribution is 0.222. The van der Waals surface area contributed by atoms with Crippen LogP contribution < -0.4 is 4.74 Å². The van der Waals surface area contributed by atoms with Crippen LogP contribution in [0, 0.1) is 6.92 Å². The van der Waals surface area contributed by atoms with Crippen LogP contribution in [0.5, 0.6) is 5.75 Å². The molecule has 2 aromatic heterocycles. The Morgan fingerprint density at radius 3 is 2.67 bits per heavy atom. The number of nitrogens with zero attached hydrogens (tertiary/aromatic N) is 3. The summed E-state index contributed by atoms with van der Waals surface area (Å²) in [5, 5.41) is 2.58. The predicted molar refractivity (Wildman–Crippen MR) is 98.8 cm³/mol. The van der Waals surface area contributed by atoms with Gasteiger partial charge in [-0.15, -0.1) is 0 Å². The maximum absolute atomic E-state index is 5.46. The highest BCUT2D eigenvalue weighted by atomic mass is 16.5. The summed E-state index contributed by atoms with van der Waals surface area (Å²) >= 11 is 0. The monoisotopic (exact) mass is 323 g/mol. The second-order valence-electron chi connectivity index (χ2n) is 6.73. The van der Waals surface area contributed by atoms with E-state index in [9.17, 15) is 0 Å². The zero-order chi connectivity index (χ0) is 16.5. The maximum Gasteiger partial charge on any atom is 0.120 e. The summed E-state index contributed by atoms with van der Waals surface area (Å²) in [6, 6.07) is 8.51. The Hall–Kier alpha value is -2.07. The first-order valence-corrected chi connectivity index (χ1v) is 8.92. The van der Waals surface area contributed by atoms with Crippen LogP contribution >= 0.6 is 0 Å². The molecule has 0 unspecified atom stereocenters. The van der Waals surface area contributed by atoms with Crippen molar-refractivity contribution in [1.82, 2.24) is 14.5 Å². The van der Waals surface area contributed by atoms with E-state index < -0.39 is 0 Å². The Morgan fingerprint density at radius 1 is 1.04 bits per heavy atom. The summed E-state index contributed by atoms with van der Waals surface area (Å²) in [6.07, 6.45) is 5.96. The van der Waals surface area contributed by atoms with Gasteiger partial charge in [0.1, 0.15) is 5.75 Å². The van der Waals surface area contributed by atoms with Gasteiger partial charge in [-0.3, -0.25) is 4.98 Å². The molecule has 0 spiro atoms. The molecule has 4 heteroatoms. The molecule has 1 aliphatic heterocycles. The first-order valence-electron chi connectivity index (χ1n) is 8.92. The van der Waals surface area contributed by atoms with Crippen molar-refractivity contribution in [2.45, 2.75) is 32.7 Å². The van der Waals surface area contributed by atoms with Crippen molar-refractivity contribution in [3.63, 3.8) is 0 Å². The molecule has 3 aromatic rings. The van der Waals surface area contributed by atoms with Gasteiger partial charge in [-0.1, -0.05) is 6.42 Å². The fraction of sp³-hybridized carbons (Fsp3) is 0.450. The average molecular weight is 323 g/mol. The molecule has 24 heavy (non-hydrogen) atoms. The lowest BCUT2D eigenvalue weighted by Crippen LogP contribution is -2.32. The van der Waals surface area contributed by atoms with Crippen molar-refractivity contribution >= 4 is 21.8 Å². The first kappa shape index (κ1) is 15.5. The number of pyridine rings is 1. The number of fused-ring (bicyclic) bond motifs is 3. The first-order chi connectivity index (χ1) is 11.8. The van der Waals surface area contributed by atoms with Crippen LogP contribution in [0.3, 0.4) is 0 Å². The van der Waals surface area contributed by atoms with Gasteiger partial charge in [0.15, 0.2) is 0 Å². The number of hydrogen-bond donors (Lipinski definition) is 0. The molecule has 0 saturated carbocycles. The zero-order valence-electron chi connectivity index (χ0n) is 14.6. The van der Waals surface area contributed by atoms with Crippen LogP contribution in [0.25, 0.3) is 21.8 Å². The fourth-order valence-electron chi connectivity index (χ4n) is 3.98. The van der Waals surface area contributed by atoms with Crippen molar-refractivity contribution in [2.75, 3.05) is 26.7 Å². The molecule has 1 fully saturated rings. The van der Waals surface area contributed by atoms with Crippen molar-refractivity contribution in [1.29, 1.82) is 0 Å². The van der Waals surface area contributed by atoms with Crippen molar-refractivity contribution < 1.29 is 4.74 Å². The average Bonchev–Trinajstić information content (AvgIpc) is 2.95. The molecule has 1 saturated heterocycles. The van der Waals surface area contributed by atoms with Crippen LogP contribution in [0.1, 0.15) is 25.0 Å². The normalized spacial score (nSPS) is 16.1. The van der Waals surface area contributed by atoms with E-state index in [4.69, 9.17) is 4.74 Å². The van der Waals surface area contributed by atoms with E-state index in [0.717, 1.165) is 24.5 Å². The molecule has 0 atom stereocenters. The SMILES string of the molecule is COc1ccc2c3ccnc(C)c3n(CCN3CCCCC3)c2c1. The van der Waals surface area contributed by atoms with E-state index in [1.807, 2.05) is 12.3 Å². The van der Waals surface area contributed by atoms with Crippen molar-refractivity contribution in [3.8, 4) is 5.75 Å². The highest BCUT2D eigenvalue weighted by Gasteiger charge is 2.16. The molecule has 4 nitrogen and oxygen atoms in total. The minimum atomic E-state index is 0.912. The van der Waals surface area contributed by atoms with Crippen LogP contribution in [0.2, 0.25) is 0 Å². The predicted octanol–water partition coefficient (Wildman–Crippen LogP) is 3.99. The highest BCUT2D eigenvalue weighted by molar-refractivity contribution is 6.09. The molecule has 0 bridgehead atoms. The molecule has 0 aliphatic carbocycles. The van der Waals surface area contributed by atoms with Crippen molar-refractivity contribution in [2.24, 2.45) is 0 Å². The number of hydrogen-bond acceptors (Lipinski definition) is 3. The van der Waals surface area contributed by atoms with Gasteiger partial charge in [0.05, 0.1) is 23.8 Å². The summed E-state index contributed by atoms with van der Waals surface area (Å²) in [6.45, 7) is 6.68. The van der Waals surface area contributed by atoms with E-state index in [2.05, 4.69) is 39.6 Å². The lowest BCUT2D eigenvalue weighted by Gasteiger charge is -2.26. The third kappa shape index (κ3) is 2.65. The number of rotatable bonds is 4. The standard InChI is InChI=1S/C20H25N3O/c1-15-20-18(8-9-21-15)17-7-6-16(24-2)14-19(17)23(20)13-12-22-10-4-3-5-11-22/h6-9,14H,3-5,10-13H2,1-2H3. The van der Waals surface area contributed by atoms with Crippen LogP contribution in [-0.2, 0) is 6.54 Å². The molecule has 3 heterocycles. The van der Waals surface area contributed by atoms with Gasteiger partial charge in [-0.05, 0) is 51.1 Å². The Labute approximate surface area is 143 Å². The summed E-state index contributed by atoms with van der Waals surface area (Å²) in [5.41, 5.74) is 3.61. The molecule has 1 aliphatic rings. The lowest BCUT2D eigenvalue weighted by atomic mass is 10.1. The minimum absolute atomic E-state index is 0.912. The van der Waals surface area contributed by atoms with Gasteiger partial charge >= 0.3 is 0 Å². The molecular weight excluding hydrogens is 298 g/mol. The number of benzene rings is 1. The quantitative estimate of drug-likeness (QED) is 0.727. The Kier molecular flexibility index (Phi) is 4.15. The molecule has 126 valence electrons. The Morgan fingerprint density at radius 2 is 1.88 bits per heavy atom. The van der Waals surface area contributed by atoms with Gasteiger partial charge in [0, 0.05) is 36.1 Å². The van der Waals surface area contributed by atoms with Gasteiger partial charge < -0.3 is 14.2 Å². The molecule has 1 aromatic carbocycles. The molecule has 0 N–H and O–H groups in total. The number of likely N-dealkylation sites (tertiary alicyclic amines) is 1. The topological polar surface area (TPSA) is 30.3 Å². The number of piperidine rings is 1. The summed E-state index contributed by atoms with van der Waals surface area (Å²) < 4.78 is 7.89. The Bertz CT molecular complexity index is 862. The number of aryl methyl sites for hydroxylation is 1. The Balaban J connectivity index is 1.80. The molecular formula is C20H25N3O. The zero-order valence-corrected chi connectivity index (χ0v) is 14.6.